The number of halogens is 1. The Morgan fingerprint density at radius 2 is 2.08 bits per heavy atom. The lowest BCUT2D eigenvalue weighted by atomic mass is 10.0. The van der Waals surface area contributed by atoms with Gasteiger partial charge in [-0.15, -0.1) is 0 Å². The minimum absolute atomic E-state index is 0.304. The van der Waals surface area contributed by atoms with E-state index in [-0.39, 0.29) is 6.61 Å². The SMILES string of the molecule is OC[C@H]1[C@H](F)[C@@H](O)[C@@H]2[C@H](O)CCN21. The van der Waals surface area contributed by atoms with Crippen LogP contribution in [0.4, 0.5) is 4.39 Å². The predicted octanol–water partition coefficient (Wildman–Crippen LogP) is -1.50. The molecule has 76 valence electrons. The predicted molar refractivity (Wildman–Crippen MR) is 42.9 cm³/mol. The molecular weight excluding hydrogens is 177 g/mol. The van der Waals surface area contributed by atoms with Gasteiger partial charge in [0.25, 0.3) is 0 Å². The Hall–Kier alpha value is -0.230. The molecule has 2 heterocycles. The fourth-order valence-corrected chi connectivity index (χ4v) is 2.44. The number of aliphatic hydroxyl groups excluding tert-OH is 3. The molecule has 0 aromatic rings. The molecule has 4 nitrogen and oxygen atoms in total. The zero-order valence-electron chi connectivity index (χ0n) is 7.17. The van der Waals surface area contributed by atoms with Gasteiger partial charge in [-0.25, -0.2) is 4.39 Å². The van der Waals surface area contributed by atoms with Gasteiger partial charge in [-0.3, -0.25) is 4.90 Å². The van der Waals surface area contributed by atoms with Crippen LogP contribution < -0.4 is 0 Å². The van der Waals surface area contributed by atoms with Crippen molar-refractivity contribution >= 4 is 0 Å². The molecule has 2 fully saturated rings. The van der Waals surface area contributed by atoms with Gasteiger partial charge in [-0.05, 0) is 6.42 Å². The molecule has 0 radical (unpaired) electrons. The molecular formula is C8H14FNO3. The van der Waals surface area contributed by atoms with Gasteiger partial charge in [0.1, 0.15) is 12.3 Å². The maximum Gasteiger partial charge on any atom is 0.145 e. The summed E-state index contributed by atoms with van der Waals surface area (Å²) in [6.07, 6.45) is -2.71. The molecule has 2 aliphatic rings. The molecule has 0 aliphatic carbocycles. The summed E-state index contributed by atoms with van der Waals surface area (Å²) in [4.78, 5) is 1.67. The van der Waals surface area contributed by atoms with Crippen LogP contribution in [-0.4, -0.2) is 63.8 Å². The number of hydrogen-bond donors (Lipinski definition) is 3. The second-order valence-corrected chi connectivity index (χ2v) is 3.77. The summed E-state index contributed by atoms with van der Waals surface area (Å²) in [7, 11) is 0. The first kappa shape index (κ1) is 9.33. The number of alkyl halides is 1. The summed E-state index contributed by atoms with van der Waals surface area (Å²) in [5.74, 6) is 0. The summed E-state index contributed by atoms with van der Waals surface area (Å²) in [6.45, 7) is 0.246. The number of aliphatic hydroxyl groups is 3. The van der Waals surface area contributed by atoms with Gasteiger partial charge in [0, 0.05) is 6.54 Å². The molecule has 5 heteroatoms. The highest BCUT2D eigenvalue weighted by Crippen LogP contribution is 2.34. The number of hydrogen-bond acceptors (Lipinski definition) is 4. The van der Waals surface area contributed by atoms with Crippen LogP contribution in [0.2, 0.25) is 0 Å². The van der Waals surface area contributed by atoms with E-state index in [1.54, 1.807) is 4.90 Å². The van der Waals surface area contributed by atoms with Crippen LogP contribution in [0, 0.1) is 0 Å². The van der Waals surface area contributed by atoms with Crippen LogP contribution in [-0.2, 0) is 0 Å². The van der Waals surface area contributed by atoms with Gasteiger partial charge < -0.3 is 15.3 Å². The highest BCUT2D eigenvalue weighted by atomic mass is 19.1. The lowest BCUT2D eigenvalue weighted by Crippen LogP contribution is -2.39. The zero-order valence-corrected chi connectivity index (χ0v) is 7.17. The van der Waals surface area contributed by atoms with E-state index >= 15 is 0 Å². The number of rotatable bonds is 1. The highest BCUT2D eigenvalue weighted by molar-refractivity contribution is 5.07. The Morgan fingerprint density at radius 3 is 2.69 bits per heavy atom. The minimum atomic E-state index is -1.44. The summed E-state index contributed by atoms with van der Waals surface area (Å²) in [6, 6.07) is -1.16. The normalized spacial score (nSPS) is 51.2. The molecule has 2 rings (SSSR count). The van der Waals surface area contributed by atoms with E-state index in [2.05, 4.69) is 0 Å². The van der Waals surface area contributed by atoms with Crippen molar-refractivity contribution in [3.8, 4) is 0 Å². The van der Waals surface area contributed by atoms with Crippen molar-refractivity contribution in [3.05, 3.63) is 0 Å². The Kier molecular flexibility index (Phi) is 2.27. The third-order valence-corrected chi connectivity index (χ3v) is 3.12. The largest absolute Gasteiger partial charge is 0.395 e. The van der Waals surface area contributed by atoms with Gasteiger partial charge >= 0.3 is 0 Å². The number of nitrogens with zero attached hydrogens (tertiary/aromatic N) is 1. The Labute approximate surface area is 75.6 Å². The molecule has 2 aliphatic heterocycles. The van der Waals surface area contributed by atoms with Gasteiger partial charge in [0.2, 0.25) is 0 Å². The van der Waals surface area contributed by atoms with Gasteiger partial charge in [-0.1, -0.05) is 0 Å². The molecule has 0 amide bonds. The second kappa shape index (κ2) is 3.16. The molecule has 0 aromatic carbocycles. The fraction of sp³-hybridized carbons (Fsp3) is 1.00. The van der Waals surface area contributed by atoms with E-state index in [4.69, 9.17) is 5.11 Å². The minimum Gasteiger partial charge on any atom is -0.395 e. The molecule has 3 N–H and O–H groups in total. The summed E-state index contributed by atoms with van der Waals surface area (Å²) >= 11 is 0. The molecule has 0 aromatic heterocycles. The van der Waals surface area contributed by atoms with Crippen LogP contribution in [0.15, 0.2) is 0 Å². The van der Waals surface area contributed by atoms with Crippen molar-refractivity contribution in [3.63, 3.8) is 0 Å². The summed E-state index contributed by atoms with van der Waals surface area (Å²) in [5.41, 5.74) is 0. The third kappa shape index (κ3) is 1.19. The third-order valence-electron chi connectivity index (χ3n) is 3.12. The van der Waals surface area contributed by atoms with E-state index in [9.17, 15) is 14.6 Å². The van der Waals surface area contributed by atoms with E-state index in [1.807, 2.05) is 0 Å². The van der Waals surface area contributed by atoms with Crippen molar-refractivity contribution in [2.45, 2.75) is 36.9 Å². The molecule has 0 saturated carbocycles. The molecule has 13 heavy (non-hydrogen) atoms. The van der Waals surface area contributed by atoms with Crippen LogP contribution in [0.5, 0.6) is 0 Å². The average molecular weight is 191 g/mol. The van der Waals surface area contributed by atoms with E-state index in [0.29, 0.717) is 13.0 Å². The van der Waals surface area contributed by atoms with Crippen molar-refractivity contribution in [1.29, 1.82) is 0 Å². The quantitative estimate of drug-likeness (QED) is 0.472. The van der Waals surface area contributed by atoms with E-state index in [1.165, 1.54) is 0 Å². The maximum atomic E-state index is 13.3. The van der Waals surface area contributed by atoms with Crippen molar-refractivity contribution in [1.82, 2.24) is 4.90 Å². The zero-order chi connectivity index (χ0) is 9.59. The lowest BCUT2D eigenvalue weighted by molar-refractivity contribution is 0.0337. The van der Waals surface area contributed by atoms with Gasteiger partial charge in [0.15, 0.2) is 0 Å². The topological polar surface area (TPSA) is 63.9 Å². The molecule has 0 bridgehead atoms. The Bertz CT molecular complexity index is 204. The Balaban J connectivity index is 2.19. The highest BCUT2D eigenvalue weighted by Gasteiger charge is 2.53. The smallest absolute Gasteiger partial charge is 0.145 e. The monoisotopic (exact) mass is 191 g/mol. The summed E-state index contributed by atoms with van der Waals surface area (Å²) in [5, 5.41) is 27.8. The van der Waals surface area contributed by atoms with Crippen molar-refractivity contribution < 1.29 is 19.7 Å². The van der Waals surface area contributed by atoms with Crippen LogP contribution in [0.1, 0.15) is 6.42 Å². The molecule has 0 spiro atoms. The van der Waals surface area contributed by atoms with Crippen LogP contribution in [0.3, 0.4) is 0 Å². The maximum absolute atomic E-state index is 13.3. The number of fused-ring (bicyclic) bond motifs is 1. The molecule has 5 atom stereocenters. The second-order valence-electron chi connectivity index (χ2n) is 3.77. The van der Waals surface area contributed by atoms with Gasteiger partial charge in [0.05, 0.1) is 24.8 Å². The molecule has 0 unspecified atom stereocenters. The standard InChI is InChI=1S/C8H14FNO3/c9-6-4(3-11)10-2-1-5(12)7(10)8(6)13/h4-8,11-13H,1-3H2/t4-,5+,6-,7-,8+/m0/s1. The fourth-order valence-electron chi connectivity index (χ4n) is 2.44. The van der Waals surface area contributed by atoms with E-state index < -0.39 is 30.5 Å². The Morgan fingerprint density at radius 1 is 1.38 bits per heavy atom. The average Bonchev–Trinajstić information content (AvgIpc) is 2.57. The van der Waals surface area contributed by atoms with Crippen molar-refractivity contribution in [2.24, 2.45) is 0 Å². The summed E-state index contributed by atoms with van der Waals surface area (Å²) < 4.78 is 13.3. The molecule has 2 saturated heterocycles. The lowest BCUT2D eigenvalue weighted by Gasteiger charge is -2.22. The van der Waals surface area contributed by atoms with Crippen molar-refractivity contribution in [2.75, 3.05) is 13.2 Å². The van der Waals surface area contributed by atoms with Gasteiger partial charge in [-0.2, -0.15) is 0 Å². The first-order chi connectivity index (χ1) is 6.16. The first-order valence-electron chi connectivity index (χ1n) is 4.53. The first-order valence-corrected chi connectivity index (χ1v) is 4.53. The van der Waals surface area contributed by atoms with Crippen LogP contribution in [0.25, 0.3) is 0 Å². The van der Waals surface area contributed by atoms with Crippen LogP contribution >= 0.6 is 0 Å². The van der Waals surface area contributed by atoms with E-state index in [0.717, 1.165) is 0 Å².